The molecule has 0 fully saturated rings. The monoisotopic (exact) mass is 348 g/mol. The van der Waals surface area contributed by atoms with Crippen LogP contribution >= 0.6 is 0 Å². The molecule has 3 aliphatic rings. The van der Waals surface area contributed by atoms with Crippen LogP contribution in [-0.4, -0.2) is 34.0 Å². The van der Waals surface area contributed by atoms with Gasteiger partial charge in [-0.1, -0.05) is 42.5 Å². The van der Waals surface area contributed by atoms with Crippen molar-refractivity contribution in [3.8, 4) is 0 Å². The van der Waals surface area contributed by atoms with Gasteiger partial charge in [-0.3, -0.25) is 4.79 Å². The zero-order valence-corrected chi connectivity index (χ0v) is 14.4. The van der Waals surface area contributed by atoms with Gasteiger partial charge in [0.15, 0.2) is 5.54 Å². The van der Waals surface area contributed by atoms with Crippen LogP contribution in [0.5, 0.6) is 0 Å². The third-order valence-corrected chi connectivity index (χ3v) is 6.11. The molecule has 2 aromatic carbocycles. The van der Waals surface area contributed by atoms with Gasteiger partial charge in [-0.05, 0) is 28.7 Å². The Hall–Kier alpha value is -2.82. The maximum atomic E-state index is 13.0. The molecule has 3 heterocycles. The van der Waals surface area contributed by atoms with Gasteiger partial charge in [-0.25, -0.2) is 4.79 Å². The number of carbonyl (C=O) groups is 2. The molecule has 0 saturated heterocycles. The summed E-state index contributed by atoms with van der Waals surface area (Å²) in [7, 11) is 0. The van der Waals surface area contributed by atoms with E-state index in [-0.39, 0.29) is 12.3 Å². The minimum absolute atomic E-state index is 0.0183. The molecule has 132 valence electrons. The van der Waals surface area contributed by atoms with E-state index in [4.69, 9.17) is 0 Å². The van der Waals surface area contributed by atoms with Crippen LogP contribution in [-0.2, 0) is 35.5 Å². The molecule has 0 saturated carbocycles. The van der Waals surface area contributed by atoms with Crippen molar-refractivity contribution >= 4 is 17.6 Å². The van der Waals surface area contributed by atoms with E-state index in [1.807, 2.05) is 41.3 Å². The normalized spacial score (nSPS) is 22.5. The molecule has 2 aromatic rings. The van der Waals surface area contributed by atoms with Crippen molar-refractivity contribution in [2.24, 2.45) is 0 Å². The van der Waals surface area contributed by atoms with E-state index in [2.05, 4.69) is 6.07 Å². The highest BCUT2D eigenvalue weighted by atomic mass is 16.4. The minimum atomic E-state index is -1.15. The molecule has 5 nitrogen and oxygen atoms in total. The van der Waals surface area contributed by atoms with Crippen LogP contribution in [0.2, 0.25) is 0 Å². The number of rotatable bonds is 3. The van der Waals surface area contributed by atoms with Gasteiger partial charge in [0.1, 0.15) is 0 Å². The molecule has 5 rings (SSSR count). The van der Waals surface area contributed by atoms with Gasteiger partial charge in [-0.2, -0.15) is 0 Å². The summed E-state index contributed by atoms with van der Waals surface area (Å²) in [6.45, 7) is 1.82. The fourth-order valence-corrected chi connectivity index (χ4v) is 4.81. The van der Waals surface area contributed by atoms with Crippen molar-refractivity contribution in [3.05, 3.63) is 64.7 Å². The molecular formula is C21H20N2O3. The van der Waals surface area contributed by atoms with Crippen LogP contribution < -0.4 is 4.90 Å². The molecule has 5 heteroatoms. The first-order chi connectivity index (χ1) is 12.6. The third kappa shape index (κ3) is 2.03. The number of aliphatic carboxylic acids is 1. The molecule has 0 spiro atoms. The highest BCUT2D eigenvalue weighted by molar-refractivity contribution is 5.95. The van der Waals surface area contributed by atoms with Crippen molar-refractivity contribution in [3.63, 3.8) is 0 Å². The van der Waals surface area contributed by atoms with Gasteiger partial charge >= 0.3 is 5.97 Å². The average molecular weight is 348 g/mol. The van der Waals surface area contributed by atoms with Crippen molar-refractivity contribution in [2.45, 2.75) is 37.9 Å². The van der Waals surface area contributed by atoms with E-state index < -0.39 is 11.5 Å². The predicted octanol–water partition coefficient (Wildman–Crippen LogP) is 2.36. The van der Waals surface area contributed by atoms with Gasteiger partial charge in [0, 0.05) is 31.7 Å². The second kappa shape index (κ2) is 5.34. The van der Waals surface area contributed by atoms with Gasteiger partial charge < -0.3 is 14.9 Å². The summed E-state index contributed by atoms with van der Waals surface area (Å²) in [5.41, 5.74) is 4.46. The fraction of sp³-hybridized carbons (Fsp3) is 0.333. The average Bonchev–Trinajstić information content (AvgIpc) is 3.32. The highest BCUT2D eigenvalue weighted by Gasteiger charge is 2.54. The summed E-state index contributed by atoms with van der Waals surface area (Å²) in [6.07, 6.45) is 1.27. The lowest BCUT2D eigenvalue weighted by molar-refractivity contribution is -0.147. The molecule has 0 aliphatic carbocycles. The molecule has 0 radical (unpaired) electrons. The van der Waals surface area contributed by atoms with E-state index >= 15 is 0 Å². The van der Waals surface area contributed by atoms with Crippen LogP contribution in [0.25, 0.3) is 0 Å². The number of carbonyl (C=O) groups excluding carboxylic acids is 1. The molecule has 1 unspecified atom stereocenters. The number of carboxylic acid groups (broad SMARTS) is 1. The van der Waals surface area contributed by atoms with E-state index in [1.54, 1.807) is 4.90 Å². The zero-order chi connectivity index (χ0) is 17.9. The maximum Gasteiger partial charge on any atom is 0.330 e. The molecule has 3 aliphatic heterocycles. The summed E-state index contributed by atoms with van der Waals surface area (Å²) >= 11 is 0. The number of hydrogen-bond acceptors (Lipinski definition) is 3. The Kier molecular flexibility index (Phi) is 3.17. The Balaban J connectivity index is 1.44. The molecule has 1 amide bonds. The standard InChI is InChI=1S/C21H20N2O3/c24-18(22-12-16-4-1-2-5-17(16)13-22)11-21(20(25)26)10-15-7-3-6-14-8-9-23(21)19(14)15/h1-7H,8-13H2,(H,25,26). The SMILES string of the molecule is O=C(CC1(C(=O)O)Cc2cccc3c2N1CC3)N1Cc2ccccc2C1. The fourth-order valence-electron chi connectivity index (χ4n) is 4.81. The summed E-state index contributed by atoms with van der Waals surface area (Å²) in [4.78, 5) is 29.1. The topological polar surface area (TPSA) is 60.9 Å². The lowest BCUT2D eigenvalue weighted by Crippen LogP contribution is -2.55. The first-order valence-electron chi connectivity index (χ1n) is 9.05. The summed E-state index contributed by atoms with van der Waals surface area (Å²) in [6, 6.07) is 14.1. The lowest BCUT2D eigenvalue weighted by atomic mass is 9.89. The minimum Gasteiger partial charge on any atom is -0.479 e. The Morgan fingerprint density at radius 3 is 2.31 bits per heavy atom. The molecule has 26 heavy (non-hydrogen) atoms. The van der Waals surface area contributed by atoms with Crippen molar-refractivity contribution in [2.75, 3.05) is 11.4 Å². The molecule has 1 N–H and O–H groups in total. The van der Waals surface area contributed by atoms with Gasteiger partial charge in [0.25, 0.3) is 0 Å². The number of amides is 1. The zero-order valence-electron chi connectivity index (χ0n) is 14.4. The second-order valence-corrected chi connectivity index (χ2v) is 7.54. The second-order valence-electron chi connectivity index (χ2n) is 7.54. The summed E-state index contributed by atoms with van der Waals surface area (Å²) in [5.74, 6) is -0.975. The highest BCUT2D eigenvalue weighted by Crippen LogP contribution is 2.47. The summed E-state index contributed by atoms with van der Waals surface area (Å²) in [5, 5.41) is 10.1. The van der Waals surface area contributed by atoms with E-state index in [9.17, 15) is 14.7 Å². The Morgan fingerprint density at radius 2 is 1.62 bits per heavy atom. The number of benzene rings is 2. The van der Waals surface area contributed by atoms with Gasteiger partial charge in [0.2, 0.25) is 5.91 Å². The van der Waals surface area contributed by atoms with Crippen molar-refractivity contribution in [1.82, 2.24) is 4.90 Å². The largest absolute Gasteiger partial charge is 0.479 e. The van der Waals surface area contributed by atoms with Crippen LogP contribution in [0.3, 0.4) is 0 Å². The molecule has 0 aromatic heterocycles. The van der Waals surface area contributed by atoms with E-state index in [0.717, 1.165) is 28.8 Å². The van der Waals surface area contributed by atoms with Gasteiger partial charge in [-0.15, -0.1) is 0 Å². The third-order valence-electron chi connectivity index (χ3n) is 6.11. The first-order valence-corrected chi connectivity index (χ1v) is 9.05. The predicted molar refractivity (Wildman–Crippen MR) is 96.9 cm³/mol. The van der Waals surface area contributed by atoms with Crippen LogP contribution in [0.4, 0.5) is 5.69 Å². The number of fused-ring (bicyclic) bond motifs is 1. The number of para-hydroxylation sites is 1. The van der Waals surface area contributed by atoms with E-state index in [1.165, 1.54) is 5.56 Å². The maximum absolute atomic E-state index is 13.0. The van der Waals surface area contributed by atoms with E-state index in [0.29, 0.717) is 26.1 Å². The summed E-state index contributed by atoms with van der Waals surface area (Å²) < 4.78 is 0. The smallest absolute Gasteiger partial charge is 0.330 e. The first kappa shape index (κ1) is 15.4. The van der Waals surface area contributed by atoms with Crippen LogP contribution in [0, 0.1) is 0 Å². The molecule has 1 atom stereocenters. The van der Waals surface area contributed by atoms with Gasteiger partial charge in [0.05, 0.1) is 6.42 Å². The lowest BCUT2D eigenvalue weighted by Gasteiger charge is -2.35. The quantitative estimate of drug-likeness (QED) is 0.925. The Bertz CT molecular complexity index is 914. The van der Waals surface area contributed by atoms with Crippen molar-refractivity contribution in [1.29, 1.82) is 0 Å². The number of anilines is 1. The number of nitrogens with zero attached hydrogens (tertiary/aromatic N) is 2. The Morgan fingerprint density at radius 1 is 0.962 bits per heavy atom. The van der Waals surface area contributed by atoms with Crippen molar-refractivity contribution < 1.29 is 14.7 Å². The molecule has 0 bridgehead atoms. The molecular weight excluding hydrogens is 328 g/mol. The van der Waals surface area contributed by atoms with Crippen LogP contribution in [0.15, 0.2) is 42.5 Å². The number of carboxylic acids is 1. The Labute approximate surface area is 151 Å². The van der Waals surface area contributed by atoms with Crippen LogP contribution in [0.1, 0.15) is 28.7 Å². The number of hydrogen-bond donors (Lipinski definition) is 1.